The van der Waals surface area contributed by atoms with Crippen LogP contribution in [0, 0.1) is 0 Å². The summed E-state index contributed by atoms with van der Waals surface area (Å²) in [6.45, 7) is 3.45. The van der Waals surface area contributed by atoms with Gasteiger partial charge in [0.05, 0.1) is 6.54 Å². The van der Waals surface area contributed by atoms with Crippen molar-refractivity contribution in [3.63, 3.8) is 0 Å². The number of fused-ring (bicyclic) bond motifs is 1. The molecule has 4 rings (SSSR count). The molecule has 0 aromatic carbocycles. The molecule has 0 saturated carbocycles. The largest absolute Gasteiger partial charge is 0.352 e. The molecule has 0 spiro atoms. The summed E-state index contributed by atoms with van der Waals surface area (Å²) in [6, 6.07) is 4.13. The number of carbonyl (C=O) groups is 1. The Bertz CT molecular complexity index is 738. The molecule has 138 valence electrons. The maximum atomic E-state index is 12.4. The Morgan fingerprint density at radius 1 is 1.15 bits per heavy atom. The van der Waals surface area contributed by atoms with Crippen molar-refractivity contribution in [1.82, 2.24) is 30.0 Å². The van der Waals surface area contributed by atoms with Crippen molar-refractivity contribution in [2.24, 2.45) is 0 Å². The highest BCUT2D eigenvalue weighted by molar-refractivity contribution is 5.78. The molecule has 1 atom stereocenters. The van der Waals surface area contributed by atoms with Crippen LogP contribution >= 0.6 is 0 Å². The van der Waals surface area contributed by atoms with Crippen molar-refractivity contribution in [1.29, 1.82) is 0 Å². The predicted molar refractivity (Wildman–Crippen MR) is 98.4 cm³/mol. The zero-order chi connectivity index (χ0) is 17.8. The van der Waals surface area contributed by atoms with Crippen LogP contribution < -0.4 is 5.32 Å². The number of nitrogens with zero attached hydrogens (tertiary/aromatic N) is 5. The lowest BCUT2D eigenvalue weighted by atomic mass is 10.1. The fraction of sp³-hybridized carbons (Fsp3) is 0.579. The molecule has 0 bridgehead atoms. The Hall–Kier alpha value is -2.28. The van der Waals surface area contributed by atoms with Crippen LogP contribution in [0.15, 0.2) is 24.5 Å². The van der Waals surface area contributed by atoms with Crippen molar-refractivity contribution in [3.05, 3.63) is 30.4 Å². The first-order valence-corrected chi connectivity index (χ1v) is 9.64. The van der Waals surface area contributed by atoms with E-state index in [1.807, 2.05) is 18.3 Å². The summed E-state index contributed by atoms with van der Waals surface area (Å²) in [7, 11) is 0. The van der Waals surface area contributed by atoms with E-state index in [1.54, 1.807) is 6.20 Å². The average Bonchev–Trinajstić information content (AvgIpc) is 2.98. The topological polar surface area (TPSA) is 75.9 Å². The van der Waals surface area contributed by atoms with Gasteiger partial charge in [0.1, 0.15) is 5.82 Å². The van der Waals surface area contributed by atoms with E-state index in [0.717, 1.165) is 56.1 Å². The highest BCUT2D eigenvalue weighted by Crippen LogP contribution is 2.22. The number of piperidine rings is 1. The summed E-state index contributed by atoms with van der Waals surface area (Å²) in [6.07, 6.45) is 9.95. The van der Waals surface area contributed by atoms with Crippen LogP contribution in [-0.4, -0.2) is 56.2 Å². The van der Waals surface area contributed by atoms with E-state index in [2.05, 4.69) is 30.0 Å². The van der Waals surface area contributed by atoms with Gasteiger partial charge in [-0.1, -0.05) is 6.42 Å². The van der Waals surface area contributed by atoms with Gasteiger partial charge in [0.15, 0.2) is 5.82 Å². The number of aromatic nitrogens is 4. The number of amides is 1. The van der Waals surface area contributed by atoms with E-state index in [4.69, 9.17) is 0 Å². The Morgan fingerprint density at radius 3 is 2.85 bits per heavy atom. The van der Waals surface area contributed by atoms with Gasteiger partial charge in [-0.25, -0.2) is 0 Å². The SMILES string of the molecule is O=C(CN1CCCCC1)NC1CCc2nnc(-c3cccnc3)n2CC1. The Kier molecular flexibility index (Phi) is 5.24. The molecule has 7 nitrogen and oxygen atoms in total. The van der Waals surface area contributed by atoms with E-state index in [9.17, 15) is 4.79 Å². The molecule has 1 unspecified atom stereocenters. The molecule has 1 amide bonds. The number of carbonyl (C=O) groups excluding carboxylic acids is 1. The molecule has 0 aliphatic carbocycles. The van der Waals surface area contributed by atoms with Crippen LogP contribution in [0.25, 0.3) is 11.4 Å². The molecule has 1 N–H and O–H groups in total. The van der Waals surface area contributed by atoms with E-state index < -0.39 is 0 Å². The van der Waals surface area contributed by atoms with Gasteiger partial charge in [-0.15, -0.1) is 10.2 Å². The first kappa shape index (κ1) is 17.1. The molecular formula is C19H26N6O. The Morgan fingerprint density at radius 2 is 2.04 bits per heavy atom. The first-order valence-electron chi connectivity index (χ1n) is 9.64. The Labute approximate surface area is 153 Å². The monoisotopic (exact) mass is 354 g/mol. The summed E-state index contributed by atoms with van der Waals surface area (Å²) >= 11 is 0. The lowest BCUT2D eigenvalue weighted by molar-refractivity contribution is -0.123. The van der Waals surface area contributed by atoms with E-state index >= 15 is 0 Å². The lowest BCUT2D eigenvalue weighted by Crippen LogP contribution is -2.43. The maximum absolute atomic E-state index is 12.4. The van der Waals surface area contributed by atoms with Crippen LogP contribution in [0.2, 0.25) is 0 Å². The van der Waals surface area contributed by atoms with Crippen LogP contribution in [-0.2, 0) is 17.8 Å². The second-order valence-electron chi connectivity index (χ2n) is 7.26. The van der Waals surface area contributed by atoms with E-state index in [0.29, 0.717) is 6.54 Å². The summed E-state index contributed by atoms with van der Waals surface area (Å²) in [5, 5.41) is 12.0. The van der Waals surface area contributed by atoms with E-state index in [-0.39, 0.29) is 11.9 Å². The predicted octanol–water partition coefficient (Wildman–Crippen LogP) is 1.65. The second-order valence-corrected chi connectivity index (χ2v) is 7.26. The van der Waals surface area contributed by atoms with Gasteiger partial charge in [-0.05, 0) is 50.9 Å². The number of likely N-dealkylation sites (tertiary alicyclic amines) is 1. The third-order valence-electron chi connectivity index (χ3n) is 5.35. The number of pyridine rings is 1. The molecule has 2 aliphatic rings. The molecule has 2 aromatic rings. The highest BCUT2D eigenvalue weighted by Gasteiger charge is 2.23. The van der Waals surface area contributed by atoms with Crippen molar-refractivity contribution >= 4 is 5.91 Å². The van der Waals surface area contributed by atoms with Gasteiger partial charge >= 0.3 is 0 Å². The number of aryl methyl sites for hydroxylation is 1. The van der Waals surface area contributed by atoms with Crippen LogP contribution in [0.3, 0.4) is 0 Å². The quantitative estimate of drug-likeness (QED) is 0.903. The van der Waals surface area contributed by atoms with Gasteiger partial charge in [-0.2, -0.15) is 0 Å². The number of rotatable bonds is 4. The fourth-order valence-corrected chi connectivity index (χ4v) is 3.93. The number of hydrogen-bond donors (Lipinski definition) is 1. The smallest absolute Gasteiger partial charge is 0.234 e. The van der Waals surface area contributed by atoms with Gasteiger partial charge in [0.2, 0.25) is 5.91 Å². The van der Waals surface area contributed by atoms with Crippen molar-refractivity contribution in [2.45, 2.75) is 51.1 Å². The highest BCUT2D eigenvalue weighted by atomic mass is 16.2. The normalized spacial score (nSPS) is 21.0. The number of hydrogen-bond acceptors (Lipinski definition) is 5. The lowest BCUT2D eigenvalue weighted by Gasteiger charge is -2.26. The molecule has 2 aliphatic heterocycles. The van der Waals surface area contributed by atoms with Crippen LogP contribution in [0.1, 0.15) is 37.9 Å². The summed E-state index contributed by atoms with van der Waals surface area (Å²) in [5.74, 6) is 2.02. The van der Waals surface area contributed by atoms with E-state index in [1.165, 1.54) is 19.3 Å². The molecule has 2 aromatic heterocycles. The summed E-state index contributed by atoms with van der Waals surface area (Å²) < 4.78 is 2.17. The van der Waals surface area contributed by atoms with Crippen LogP contribution in [0.4, 0.5) is 0 Å². The first-order chi connectivity index (χ1) is 12.8. The summed E-state index contributed by atoms with van der Waals surface area (Å²) in [4.78, 5) is 18.8. The molecule has 0 radical (unpaired) electrons. The minimum atomic E-state index is 0.155. The molecule has 1 fully saturated rings. The molecular weight excluding hydrogens is 328 g/mol. The molecule has 7 heteroatoms. The van der Waals surface area contributed by atoms with Gasteiger partial charge < -0.3 is 9.88 Å². The average molecular weight is 354 g/mol. The van der Waals surface area contributed by atoms with Crippen LogP contribution in [0.5, 0.6) is 0 Å². The van der Waals surface area contributed by atoms with Crippen molar-refractivity contribution in [2.75, 3.05) is 19.6 Å². The minimum absolute atomic E-state index is 0.155. The number of nitrogens with one attached hydrogen (secondary N) is 1. The van der Waals surface area contributed by atoms with Gasteiger partial charge in [0.25, 0.3) is 0 Å². The summed E-state index contributed by atoms with van der Waals surface area (Å²) in [5.41, 5.74) is 0.985. The standard InChI is InChI=1S/C19H26N6O/c26-18(14-24-10-2-1-3-11-24)21-16-6-7-17-22-23-19(25(17)12-8-16)15-5-4-9-20-13-15/h4-5,9,13,16H,1-3,6-8,10-12,14H2,(H,21,26). The fourth-order valence-electron chi connectivity index (χ4n) is 3.93. The third kappa shape index (κ3) is 3.93. The van der Waals surface area contributed by atoms with Gasteiger partial charge in [-0.3, -0.25) is 14.7 Å². The minimum Gasteiger partial charge on any atom is -0.352 e. The zero-order valence-corrected chi connectivity index (χ0v) is 15.1. The van der Waals surface area contributed by atoms with Crippen molar-refractivity contribution in [3.8, 4) is 11.4 Å². The van der Waals surface area contributed by atoms with Crippen molar-refractivity contribution < 1.29 is 4.79 Å². The maximum Gasteiger partial charge on any atom is 0.234 e. The van der Waals surface area contributed by atoms with Gasteiger partial charge in [0, 0.05) is 37.0 Å². The molecule has 26 heavy (non-hydrogen) atoms. The molecule has 4 heterocycles. The zero-order valence-electron chi connectivity index (χ0n) is 15.1. The third-order valence-corrected chi connectivity index (χ3v) is 5.35. The second kappa shape index (κ2) is 7.95. The Balaban J connectivity index is 1.36. The molecule has 1 saturated heterocycles.